The second kappa shape index (κ2) is 6.36. The first kappa shape index (κ1) is 18.0. The first-order valence-corrected chi connectivity index (χ1v) is 9.07. The van der Waals surface area contributed by atoms with Gasteiger partial charge in [-0.15, -0.1) is 0 Å². The van der Waals surface area contributed by atoms with Crippen molar-refractivity contribution in [3.63, 3.8) is 0 Å². The fourth-order valence-electron chi connectivity index (χ4n) is 1.64. The summed E-state index contributed by atoms with van der Waals surface area (Å²) in [4.78, 5) is 12.2. The SMILES string of the molecule is Cc1ccc(S(=O)(=O)Cl)cc1C(=O)NCC(C)C(C)(C)C. The molecule has 1 amide bonds. The molecule has 0 aliphatic carbocycles. The molecule has 0 aromatic heterocycles. The number of hydrogen-bond acceptors (Lipinski definition) is 3. The Bertz CT molecular complexity index is 633. The number of nitrogens with one attached hydrogen (secondary N) is 1. The Kier molecular flexibility index (Phi) is 5.45. The topological polar surface area (TPSA) is 63.2 Å². The van der Waals surface area contributed by atoms with Crippen molar-refractivity contribution in [2.75, 3.05) is 6.54 Å². The van der Waals surface area contributed by atoms with Gasteiger partial charge in [0.2, 0.25) is 0 Å². The number of rotatable bonds is 4. The van der Waals surface area contributed by atoms with E-state index in [0.29, 0.717) is 23.6 Å². The van der Waals surface area contributed by atoms with E-state index >= 15 is 0 Å². The molecule has 0 fully saturated rings. The average molecular weight is 332 g/mol. The lowest BCUT2D eigenvalue weighted by molar-refractivity contribution is 0.0936. The van der Waals surface area contributed by atoms with Gasteiger partial charge in [-0.1, -0.05) is 33.8 Å². The van der Waals surface area contributed by atoms with Crippen LogP contribution in [0.1, 0.15) is 43.6 Å². The van der Waals surface area contributed by atoms with Gasteiger partial charge in [-0.25, -0.2) is 8.42 Å². The van der Waals surface area contributed by atoms with Crippen LogP contribution in [0.5, 0.6) is 0 Å². The van der Waals surface area contributed by atoms with Crippen LogP contribution < -0.4 is 5.32 Å². The van der Waals surface area contributed by atoms with Crippen molar-refractivity contribution in [1.82, 2.24) is 5.32 Å². The van der Waals surface area contributed by atoms with Crippen molar-refractivity contribution in [3.05, 3.63) is 29.3 Å². The maximum absolute atomic E-state index is 12.2. The van der Waals surface area contributed by atoms with Gasteiger partial charge in [0.15, 0.2) is 0 Å². The van der Waals surface area contributed by atoms with Crippen LogP contribution in [0, 0.1) is 18.3 Å². The molecule has 1 N–H and O–H groups in total. The Morgan fingerprint density at radius 1 is 1.33 bits per heavy atom. The summed E-state index contributed by atoms with van der Waals surface area (Å²) >= 11 is 0. The van der Waals surface area contributed by atoms with E-state index in [1.165, 1.54) is 12.1 Å². The van der Waals surface area contributed by atoms with Gasteiger partial charge in [0.05, 0.1) is 4.90 Å². The average Bonchev–Trinajstić information content (AvgIpc) is 2.33. The zero-order valence-corrected chi connectivity index (χ0v) is 14.6. The van der Waals surface area contributed by atoms with Crippen molar-refractivity contribution in [1.29, 1.82) is 0 Å². The quantitative estimate of drug-likeness (QED) is 0.861. The highest BCUT2D eigenvalue weighted by molar-refractivity contribution is 8.13. The molecule has 1 unspecified atom stereocenters. The first-order valence-electron chi connectivity index (χ1n) is 6.76. The van der Waals surface area contributed by atoms with Crippen molar-refractivity contribution >= 4 is 25.6 Å². The highest BCUT2D eigenvalue weighted by Gasteiger charge is 2.21. The van der Waals surface area contributed by atoms with Gasteiger partial charge < -0.3 is 5.32 Å². The van der Waals surface area contributed by atoms with E-state index < -0.39 is 9.05 Å². The van der Waals surface area contributed by atoms with Crippen molar-refractivity contribution < 1.29 is 13.2 Å². The van der Waals surface area contributed by atoms with E-state index in [4.69, 9.17) is 10.7 Å². The van der Waals surface area contributed by atoms with Gasteiger partial charge in [-0.2, -0.15) is 0 Å². The molecule has 118 valence electrons. The predicted octanol–water partition coefficient (Wildman–Crippen LogP) is 3.33. The van der Waals surface area contributed by atoms with Gasteiger partial charge in [0, 0.05) is 22.8 Å². The van der Waals surface area contributed by atoms with Gasteiger partial charge >= 0.3 is 0 Å². The number of carbonyl (C=O) groups is 1. The van der Waals surface area contributed by atoms with Gasteiger partial charge in [0.25, 0.3) is 15.0 Å². The molecule has 0 aliphatic rings. The molecule has 0 radical (unpaired) electrons. The van der Waals surface area contributed by atoms with Gasteiger partial charge in [0.1, 0.15) is 0 Å². The van der Waals surface area contributed by atoms with Crippen LogP contribution in [-0.2, 0) is 9.05 Å². The molecule has 4 nitrogen and oxygen atoms in total. The van der Waals surface area contributed by atoms with Crippen LogP contribution in [-0.4, -0.2) is 20.9 Å². The van der Waals surface area contributed by atoms with E-state index in [2.05, 4.69) is 33.0 Å². The minimum atomic E-state index is -3.84. The smallest absolute Gasteiger partial charge is 0.261 e. The van der Waals surface area contributed by atoms with E-state index in [-0.39, 0.29) is 16.2 Å². The lowest BCUT2D eigenvalue weighted by Crippen LogP contribution is -2.34. The molecule has 21 heavy (non-hydrogen) atoms. The number of carbonyl (C=O) groups excluding carboxylic acids is 1. The normalized spacial score (nSPS) is 13.8. The number of hydrogen-bond donors (Lipinski definition) is 1. The largest absolute Gasteiger partial charge is 0.352 e. The summed E-state index contributed by atoms with van der Waals surface area (Å²) in [7, 11) is 1.48. The van der Waals surface area contributed by atoms with Crippen molar-refractivity contribution in [2.24, 2.45) is 11.3 Å². The van der Waals surface area contributed by atoms with Crippen LogP contribution in [0.2, 0.25) is 0 Å². The lowest BCUT2D eigenvalue weighted by Gasteiger charge is -2.27. The van der Waals surface area contributed by atoms with E-state index in [1.54, 1.807) is 13.0 Å². The van der Waals surface area contributed by atoms with Crippen molar-refractivity contribution in [2.45, 2.75) is 39.5 Å². The highest BCUT2D eigenvalue weighted by Crippen LogP contribution is 2.24. The second-order valence-electron chi connectivity index (χ2n) is 6.39. The molecule has 6 heteroatoms. The Balaban J connectivity index is 2.93. The molecule has 0 aliphatic heterocycles. The molecule has 1 rings (SSSR count). The van der Waals surface area contributed by atoms with Crippen LogP contribution in [0.25, 0.3) is 0 Å². The number of halogens is 1. The molecular formula is C15H22ClNO3S. The summed E-state index contributed by atoms with van der Waals surface area (Å²) in [5.74, 6) is 0.00691. The first-order chi connectivity index (χ1) is 9.43. The molecular weight excluding hydrogens is 310 g/mol. The maximum atomic E-state index is 12.2. The molecule has 0 spiro atoms. The standard InChI is InChI=1S/C15H22ClNO3S/c1-10-6-7-12(21(16,19)20)8-13(10)14(18)17-9-11(2)15(3,4)5/h6-8,11H,9H2,1-5H3,(H,17,18). The number of amides is 1. The van der Waals surface area contributed by atoms with Crippen LogP contribution in [0.4, 0.5) is 0 Å². The highest BCUT2D eigenvalue weighted by atomic mass is 35.7. The van der Waals surface area contributed by atoms with Gasteiger partial charge in [-0.3, -0.25) is 4.79 Å². The van der Waals surface area contributed by atoms with Crippen LogP contribution >= 0.6 is 10.7 Å². The fourth-order valence-corrected chi connectivity index (χ4v) is 2.42. The third-order valence-corrected chi connectivity index (χ3v) is 5.13. The molecule has 1 aromatic rings. The van der Waals surface area contributed by atoms with Crippen LogP contribution in [0.15, 0.2) is 23.1 Å². The maximum Gasteiger partial charge on any atom is 0.261 e. The molecule has 0 saturated heterocycles. The Hall–Kier alpha value is -1.07. The molecule has 1 atom stereocenters. The van der Waals surface area contributed by atoms with Gasteiger partial charge in [-0.05, 0) is 36.0 Å². The van der Waals surface area contributed by atoms with E-state index in [9.17, 15) is 13.2 Å². The Labute approximate surface area is 131 Å². The summed E-state index contributed by atoms with van der Waals surface area (Å²) in [5, 5.41) is 2.85. The minimum Gasteiger partial charge on any atom is -0.352 e. The number of aryl methyl sites for hydroxylation is 1. The summed E-state index contributed by atoms with van der Waals surface area (Å²) in [5.41, 5.74) is 1.13. The van der Waals surface area contributed by atoms with Crippen molar-refractivity contribution in [3.8, 4) is 0 Å². The fraction of sp³-hybridized carbons (Fsp3) is 0.533. The zero-order valence-electron chi connectivity index (χ0n) is 13.0. The van der Waals surface area contributed by atoms with E-state index in [0.717, 1.165) is 0 Å². The zero-order chi connectivity index (χ0) is 16.4. The Morgan fingerprint density at radius 2 is 1.90 bits per heavy atom. The lowest BCUT2D eigenvalue weighted by atomic mass is 9.82. The van der Waals surface area contributed by atoms with E-state index in [1.807, 2.05) is 0 Å². The summed E-state index contributed by atoms with van der Waals surface area (Å²) in [6, 6.07) is 4.29. The summed E-state index contributed by atoms with van der Waals surface area (Å²) in [6.07, 6.45) is 0. The third kappa shape index (κ3) is 5.00. The number of benzene rings is 1. The summed E-state index contributed by atoms with van der Waals surface area (Å²) in [6.45, 7) is 10.7. The monoisotopic (exact) mass is 331 g/mol. The molecule has 1 aromatic carbocycles. The minimum absolute atomic E-state index is 0.0659. The molecule has 0 saturated carbocycles. The second-order valence-corrected chi connectivity index (χ2v) is 8.96. The Morgan fingerprint density at radius 3 is 2.38 bits per heavy atom. The van der Waals surface area contributed by atoms with Crippen LogP contribution in [0.3, 0.4) is 0 Å². The molecule has 0 bridgehead atoms. The summed E-state index contributed by atoms with van der Waals surface area (Å²) < 4.78 is 22.7. The predicted molar refractivity (Wildman–Crippen MR) is 85.2 cm³/mol. The molecule has 0 heterocycles. The third-order valence-electron chi connectivity index (χ3n) is 3.78.